The standard InChI is InChI=1S/C25H33N3O4S/c1-3-16-27(17-4-2)18-8-7-15-26-33(31,32)22-13-11-20(12-14-22)24(29)28-19-21-9-5-6-10-23(21)25(28)30/h5-6,9-14,26H,3-4,7-8,15-19H2,1-2H3. The monoisotopic (exact) mass is 471 g/mol. The molecule has 7 nitrogen and oxygen atoms in total. The summed E-state index contributed by atoms with van der Waals surface area (Å²) in [6, 6.07) is 12.9. The van der Waals surface area contributed by atoms with Crippen molar-refractivity contribution in [2.24, 2.45) is 0 Å². The van der Waals surface area contributed by atoms with Crippen molar-refractivity contribution >= 4 is 21.8 Å². The van der Waals surface area contributed by atoms with Crippen molar-refractivity contribution in [1.29, 1.82) is 0 Å². The molecule has 0 unspecified atom stereocenters. The van der Waals surface area contributed by atoms with Gasteiger partial charge in [0, 0.05) is 17.7 Å². The highest BCUT2D eigenvalue weighted by atomic mass is 32.2. The van der Waals surface area contributed by atoms with Gasteiger partial charge in [-0.15, -0.1) is 0 Å². The van der Waals surface area contributed by atoms with Crippen molar-refractivity contribution in [3.63, 3.8) is 0 Å². The summed E-state index contributed by atoms with van der Waals surface area (Å²) in [6.45, 7) is 8.03. The van der Waals surface area contributed by atoms with Crippen LogP contribution in [0.2, 0.25) is 0 Å². The molecular formula is C25H33N3O4S. The van der Waals surface area contributed by atoms with E-state index in [2.05, 4.69) is 23.5 Å². The fourth-order valence-corrected chi connectivity index (χ4v) is 5.14. The molecule has 33 heavy (non-hydrogen) atoms. The molecule has 2 aromatic rings. The number of sulfonamides is 1. The van der Waals surface area contributed by atoms with Gasteiger partial charge in [-0.3, -0.25) is 14.5 Å². The van der Waals surface area contributed by atoms with Crippen molar-refractivity contribution in [2.75, 3.05) is 26.2 Å². The van der Waals surface area contributed by atoms with Crippen LogP contribution in [0.25, 0.3) is 0 Å². The molecule has 0 atom stereocenters. The number of nitrogens with one attached hydrogen (secondary N) is 1. The lowest BCUT2D eigenvalue weighted by atomic mass is 10.1. The van der Waals surface area contributed by atoms with Crippen LogP contribution in [0.3, 0.4) is 0 Å². The van der Waals surface area contributed by atoms with Crippen LogP contribution in [0.4, 0.5) is 0 Å². The lowest BCUT2D eigenvalue weighted by molar-refractivity contribution is 0.0631. The molecule has 0 aromatic heterocycles. The first kappa shape index (κ1) is 25.1. The van der Waals surface area contributed by atoms with Gasteiger partial charge in [0.05, 0.1) is 11.4 Å². The maximum atomic E-state index is 12.8. The first-order valence-corrected chi connectivity index (χ1v) is 13.1. The average molecular weight is 472 g/mol. The summed E-state index contributed by atoms with van der Waals surface area (Å²) >= 11 is 0. The second-order valence-corrected chi connectivity index (χ2v) is 10.1. The Morgan fingerprint density at radius 3 is 2.27 bits per heavy atom. The molecule has 0 saturated heterocycles. The lowest BCUT2D eigenvalue weighted by Crippen LogP contribution is -2.31. The fraction of sp³-hybridized carbons (Fsp3) is 0.440. The van der Waals surface area contributed by atoms with Crippen LogP contribution in [-0.2, 0) is 16.6 Å². The minimum atomic E-state index is -3.65. The van der Waals surface area contributed by atoms with Gasteiger partial charge in [-0.05, 0) is 81.2 Å². The molecule has 0 spiro atoms. The van der Waals surface area contributed by atoms with Crippen LogP contribution >= 0.6 is 0 Å². The summed E-state index contributed by atoms with van der Waals surface area (Å²) < 4.78 is 27.8. The number of nitrogens with zero attached hydrogens (tertiary/aromatic N) is 2. The van der Waals surface area contributed by atoms with Crippen LogP contribution in [0, 0.1) is 0 Å². The number of fused-ring (bicyclic) bond motifs is 1. The molecule has 0 bridgehead atoms. The van der Waals surface area contributed by atoms with E-state index in [1.165, 1.54) is 29.2 Å². The topological polar surface area (TPSA) is 86.8 Å². The average Bonchev–Trinajstić information content (AvgIpc) is 3.15. The molecule has 8 heteroatoms. The quantitative estimate of drug-likeness (QED) is 0.377. The summed E-state index contributed by atoms with van der Waals surface area (Å²) in [4.78, 5) is 29.0. The molecule has 2 aromatic carbocycles. The van der Waals surface area contributed by atoms with Gasteiger partial charge in [0.15, 0.2) is 0 Å². The highest BCUT2D eigenvalue weighted by Crippen LogP contribution is 2.24. The van der Waals surface area contributed by atoms with Crippen LogP contribution in [-0.4, -0.2) is 56.2 Å². The summed E-state index contributed by atoms with van der Waals surface area (Å²) in [5.41, 5.74) is 1.62. The summed E-state index contributed by atoms with van der Waals surface area (Å²) in [5.74, 6) is -0.762. The van der Waals surface area contributed by atoms with E-state index in [0.717, 1.165) is 50.9 Å². The van der Waals surface area contributed by atoms with E-state index >= 15 is 0 Å². The van der Waals surface area contributed by atoms with E-state index in [0.29, 0.717) is 12.1 Å². The number of amides is 2. The second kappa shape index (κ2) is 11.5. The Hall–Kier alpha value is -2.55. The zero-order valence-electron chi connectivity index (χ0n) is 19.4. The number of hydrogen-bond donors (Lipinski definition) is 1. The SMILES string of the molecule is CCCN(CCC)CCCCNS(=O)(=O)c1ccc(C(=O)N2Cc3ccccc3C2=O)cc1. The molecule has 0 radical (unpaired) electrons. The van der Waals surface area contributed by atoms with E-state index in [4.69, 9.17) is 0 Å². The maximum absolute atomic E-state index is 12.8. The van der Waals surface area contributed by atoms with Crippen molar-refractivity contribution in [2.45, 2.75) is 51.0 Å². The van der Waals surface area contributed by atoms with E-state index in [-0.39, 0.29) is 22.9 Å². The minimum absolute atomic E-state index is 0.105. The van der Waals surface area contributed by atoms with Crippen molar-refractivity contribution in [3.8, 4) is 0 Å². The molecule has 0 aliphatic carbocycles. The normalized spacial score (nSPS) is 13.5. The van der Waals surface area contributed by atoms with Gasteiger partial charge in [-0.1, -0.05) is 32.0 Å². The molecule has 3 rings (SSSR count). The molecule has 178 valence electrons. The molecule has 0 fully saturated rings. The first-order valence-electron chi connectivity index (χ1n) is 11.6. The number of hydrogen-bond acceptors (Lipinski definition) is 5. The smallest absolute Gasteiger partial charge is 0.261 e. The highest BCUT2D eigenvalue weighted by Gasteiger charge is 2.32. The second-order valence-electron chi connectivity index (χ2n) is 8.32. The number of carbonyl (C=O) groups is 2. The Morgan fingerprint density at radius 1 is 0.970 bits per heavy atom. The van der Waals surface area contributed by atoms with Crippen LogP contribution in [0.5, 0.6) is 0 Å². The molecule has 1 heterocycles. The lowest BCUT2D eigenvalue weighted by Gasteiger charge is -2.20. The Labute approximate surface area is 196 Å². The zero-order chi connectivity index (χ0) is 23.8. The Kier molecular flexibility index (Phi) is 8.77. The third kappa shape index (κ3) is 6.28. The Bertz CT molecular complexity index is 1060. The van der Waals surface area contributed by atoms with Gasteiger partial charge in [0.25, 0.3) is 11.8 Å². The minimum Gasteiger partial charge on any atom is -0.303 e. The highest BCUT2D eigenvalue weighted by molar-refractivity contribution is 7.89. The molecule has 0 saturated carbocycles. The first-order chi connectivity index (χ1) is 15.9. The molecule has 1 aliphatic heterocycles. The molecular weight excluding hydrogens is 438 g/mol. The Morgan fingerprint density at radius 2 is 1.64 bits per heavy atom. The zero-order valence-corrected chi connectivity index (χ0v) is 20.2. The maximum Gasteiger partial charge on any atom is 0.261 e. The van der Waals surface area contributed by atoms with Gasteiger partial charge < -0.3 is 4.90 Å². The van der Waals surface area contributed by atoms with E-state index in [1.54, 1.807) is 12.1 Å². The van der Waals surface area contributed by atoms with Crippen LogP contribution < -0.4 is 4.72 Å². The predicted octanol–water partition coefficient (Wildman–Crippen LogP) is 3.66. The number of unbranched alkanes of at least 4 members (excludes halogenated alkanes) is 1. The number of rotatable bonds is 12. The van der Waals surface area contributed by atoms with Gasteiger partial charge in [-0.2, -0.15) is 0 Å². The largest absolute Gasteiger partial charge is 0.303 e. The van der Waals surface area contributed by atoms with Crippen molar-refractivity contribution in [1.82, 2.24) is 14.5 Å². The van der Waals surface area contributed by atoms with Crippen LogP contribution in [0.1, 0.15) is 65.8 Å². The summed E-state index contributed by atoms with van der Waals surface area (Å²) in [6.07, 6.45) is 3.92. The fourth-order valence-electron chi connectivity index (χ4n) is 4.07. The number of carbonyl (C=O) groups excluding carboxylic acids is 2. The van der Waals surface area contributed by atoms with Crippen molar-refractivity contribution < 1.29 is 18.0 Å². The van der Waals surface area contributed by atoms with E-state index in [9.17, 15) is 18.0 Å². The summed E-state index contributed by atoms with van der Waals surface area (Å²) in [5, 5.41) is 0. The van der Waals surface area contributed by atoms with Gasteiger partial charge in [0.2, 0.25) is 10.0 Å². The Balaban J connectivity index is 1.53. The number of benzene rings is 2. The third-order valence-electron chi connectivity index (χ3n) is 5.75. The van der Waals surface area contributed by atoms with Crippen molar-refractivity contribution in [3.05, 3.63) is 65.2 Å². The third-order valence-corrected chi connectivity index (χ3v) is 7.23. The molecule has 2 amide bonds. The summed E-state index contributed by atoms with van der Waals surface area (Å²) in [7, 11) is -3.65. The predicted molar refractivity (Wildman–Crippen MR) is 129 cm³/mol. The molecule has 1 N–H and O–H groups in total. The van der Waals surface area contributed by atoms with E-state index < -0.39 is 15.9 Å². The number of imide groups is 1. The van der Waals surface area contributed by atoms with Gasteiger partial charge >= 0.3 is 0 Å². The van der Waals surface area contributed by atoms with Gasteiger partial charge in [0.1, 0.15) is 0 Å². The van der Waals surface area contributed by atoms with Gasteiger partial charge in [-0.25, -0.2) is 13.1 Å². The molecule has 1 aliphatic rings. The van der Waals surface area contributed by atoms with Crippen LogP contribution in [0.15, 0.2) is 53.4 Å². The van der Waals surface area contributed by atoms with E-state index in [1.807, 2.05) is 12.1 Å².